The van der Waals surface area contributed by atoms with Crippen LogP contribution in [0, 0.1) is 6.92 Å². The number of ether oxygens (including phenoxy) is 1. The maximum absolute atomic E-state index is 13.3. The van der Waals surface area contributed by atoms with Crippen LogP contribution in [0.25, 0.3) is 10.2 Å². The lowest BCUT2D eigenvalue weighted by Crippen LogP contribution is -2.33. The van der Waals surface area contributed by atoms with Crippen molar-refractivity contribution < 1.29 is 14.3 Å². The Morgan fingerprint density at radius 1 is 1.22 bits per heavy atom. The largest absolute Gasteiger partial charge is 0.457 e. The second-order valence-electron chi connectivity index (χ2n) is 7.01. The molecule has 0 saturated carbocycles. The zero-order chi connectivity index (χ0) is 22.7. The Labute approximate surface area is 191 Å². The highest BCUT2D eigenvalue weighted by Crippen LogP contribution is 2.28. The van der Waals surface area contributed by atoms with Crippen molar-refractivity contribution in [3.63, 3.8) is 0 Å². The lowest BCUT2D eigenvalue weighted by atomic mass is 10.1. The first-order valence-electron chi connectivity index (χ1n) is 9.91. The van der Waals surface area contributed by atoms with Gasteiger partial charge in [0.1, 0.15) is 22.4 Å². The average Bonchev–Trinajstić information content (AvgIpc) is 3.43. The molecule has 0 aliphatic rings. The molecule has 4 aromatic rings. The van der Waals surface area contributed by atoms with Gasteiger partial charge in [0.2, 0.25) is 5.91 Å². The third kappa shape index (κ3) is 4.32. The predicted molar refractivity (Wildman–Crippen MR) is 124 cm³/mol. The van der Waals surface area contributed by atoms with Gasteiger partial charge in [-0.2, -0.15) is 0 Å². The molecular weight excluding hydrogens is 448 g/mol. The summed E-state index contributed by atoms with van der Waals surface area (Å²) in [7, 11) is 0. The molecule has 1 unspecified atom stereocenters. The number of thiophene rings is 1. The molecule has 0 bridgehead atoms. The number of anilines is 1. The van der Waals surface area contributed by atoms with Gasteiger partial charge in [-0.1, -0.05) is 37.3 Å². The molecule has 1 amide bonds. The minimum absolute atomic E-state index is 0.139. The zero-order valence-corrected chi connectivity index (χ0v) is 19.0. The number of benzene rings is 1. The Balaban J connectivity index is 1.62. The summed E-state index contributed by atoms with van der Waals surface area (Å²) in [5.41, 5.74) is 1.01. The van der Waals surface area contributed by atoms with Crippen LogP contribution >= 0.6 is 22.7 Å². The molecular formula is C22H20N4O4S2. The van der Waals surface area contributed by atoms with Crippen LogP contribution in [0.4, 0.5) is 5.13 Å². The van der Waals surface area contributed by atoms with Crippen LogP contribution < -0.4 is 10.9 Å². The van der Waals surface area contributed by atoms with Crippen molar-refractivity contribution in [3.05, 3.63) is 74.6 Å². The van der Waals surface area contributed by atoms with Crippen molar-refractivity contribution in [3.8, 4) is 0 Å². The molecule has 0 aliphatic carbocycles. The lowest BCUT2D eigenvalue weighted by Gasteiger charge is -2.16. The van der Waals surface area contributed by atoms with E-state index in [1.165, 1.54) is 22.2 Å². The van der Waals surface area contributed by atoms with E-state index in [2.05, 4.69) is 15.3 Å². The SMILES string of the molecule is CCC(C(=O)Nc1nccs1)n1cnc2sc(C(=O)OCc3ccccc3)c(C)c2c1=O. The number of rotatable bonds is 7. The quantitative estimate of drug-likeness (QED) is 0.408. The van der Waals surface area contributed by atoms with Crippen molar-refractivity contribution in [2.24, 2.45) is 0 Å². The monoisotopic (exact) mass is 468 g/mol. The Hall–Kier alpha value is -3.37. The number of esters is 1. The Morgan fingerprint density at radius 2 is 2.00 bits per heavy atom. The number of fused-ring (bicyclic) bond motifs is 1. The number of carbonyl (C=O) groups excluding carboxylic acids is 2. The average molecular weight is 469 g/mol. The van der Waals surface area contributed by atoms with Gasteiger partial charge in [-0.3, -0.25) is 14.2 Å². The summed E-state index contributed by atoms with van der Waals surface area (Å²) in [5.74, 6) is -0.852. The van der Waals surface area contributed by atoms with E-state index in [0.717, 1.165) is 16.9 Å². The van der Waals surface area contributed by atoms with Crippen LogP contribution in [0.5, 0.6) is 0 Å². The minimum Gasteiger partial charge on any atom is -0.457 e. The van der Waals surface area contributed by atoms with E-state index in [4.69, 9.17) is 4.74 Å². The summed E-state index contributed by atoms with van der Waals surface area (Å²) in [6, 6.07) is 8.61. The van der Waals surface area contributed by atoms with E-state index in [9.17, 15) is 14.4 Å². The highest BCUT2D eigenvalue weighted by atomic mass is 32.1. The molecule has 4 rings (SSSR count). The third-order valence-corrected chi connectivity index (χ3v) is 6.83. The molecule has 164 valence electrons. The zero-order valence-electron chi connectivity index (χ0n) is 17.4. The normalized spacial score (nSPS) is 11.9. The molecule has 1 atom stereocenters. The smallest absolute Gasteiger partial charge is 0.349 e. The minimum atomic E-state index is -0.754. The Kier molecular flexibility index (Phi) is 6.42. The van der Waals surface area contributed by atoms with Crippen LogP contribution in [0.2, 0.25) is 0 Å². The van der Waals surface area contributed by atoms with Crippen molar-refractivity contribution >= 4 is 49.9 Å². The van der Waals surface area contributed by atoms with E-state index in [1.54, 1.807) is 18.5 Å². The van der Waals surface area contributed by atoms with Gasteiger partial charge < -0.3 is 10.1 Å². The summed E-state index contributed by atoms with van der Waals surface area (Å²) in [5, 5.41) is 5.27. The van der Waals surface area contributed by atoms with Crippen molar-refractivity contribution in [2.45, 2.75) is 32.9 Å². The number of aryl methyl sites for hydroxylation is 1. The number of aromatic nitrogens is 3. The fourth-order valence-electron chi connectivity index (χ4n) is 3.32. The van der Waals surface area contributed by atoms with E-state index in [1.807, 2.05) is 37.3 Å². The van der Waals surface area contributed by atoms with Gasteiger partial charge in [0, 0.05) is 11.6 Å². The summed E-state index contributed by atoms with van der Waals surface area (Å²) in [6.45, 7) is 3.65. The van der Waals surface area contributed by atoms with Crippen LogP contribution in [-0.4, -0.2) is 26.4 Å². The molecule has 1 aromatic carbocycles. The molecule has 0 fully saturated rings. The first-order valence-corrected chi connectivity index (χ1v) is 11.6. The van der Waals surface area contributed by atoms with Gasteiger partial charge in [-0.25, -0.2) is 14.8 Å². The highest BCUT2D eigenvalue weighted by molar-refractivity contribution is 7.20. The number of amides is 1. The molecule has 1 N–H and O–H groups in total. The lowest BCUT2D eigenvalue weighted by molar-refractivity contribution is -0.119. The molecule has 10 heteroatoms. The second-order valence-corrected chi connectivity index (χ2v) is 8.90. The first-order chi connectivity index (χ1) is 15.5. The van der Waals surface area contributed by atoms with Crippen LogP contribution in [-0.2, 0) is 16.1 Å². The number of carbonyl (C=O) groups is 2. The van der Waals surface area contributed by atoms with Crippen molar-refractivity contribution in [2.75, 3.05) is 5.32 Å². The van der Waals surface area contributed by atoms with Crippen LogP contribution in [0.15, 0.2) is 53.0 Å². The molecule has 0 aliphatic heterocycles. The topological polar surface area (TPSA) is 103 Å². The molecule has 0 saturated heterocycles. The molecule has 0 radical (unpaired) electrons. The predicted octanol–water partition coefficient (Wildman–Crippen LogP) is 4.17. The summed E-state index contributed by atoms with van der Waals surface area (Å²) in [6.07, 6.45) is 3.34. The van der Waals surface area contributed by atoms with Gasteiger partial charge in [0.05, 0.1) is 11.7 Å². The van der Waals surface area contributed by atoms with Crippen molar-refractivity contribution in [1.82, 2.24) is 14.5 Å². The molecule has 8 nitrogen and oxygen atoms in total. The van der Waals surface area contributed by atoms with Gasteiger partial charge in [-0.15, -0.1) is 22.7 Å². The summed E-state index contributed by atoms with van der Waals surface area (Å²) < 4.78 is 6.73. The van der Waals surface area contributed by atoms with Gasteiger partial charge in [0.25, 0.3) is 5.56 Å². The first kappa shape index (κ1) is 21.8. The number of hydrogen-bond acceptors (Lipinski definition) is 8. The molecule has 3 aromatic heterocycles. The molecule has 3 heterocycles. The maximum atomic E-state index is 13.3. The maximum Gasteiger partial charge on any atom is 0.349 e. The standard InChI is InChI=1S/C22H20N4O4S2/c1-3-15(18(27)25-22-23-9-10-31-22)26-12-24-19-16(20(26)28)13(2)17(32-19)21(29)30-11-14-7-5-4-6-8-14/h4-10,12,15H,3,11H2,1-2H3,(H,23,25,27). The Morgan fingerprint density at radius 3 is 2.69 bits per heavy atom. The highest BCUT2D eigenvalue weighted by Gasteiger charge is 2.25. The van der Waals surface area contributed by atoms with Gasteiger partial charge >= 0.3 is 5.97 Å². The number of nitrogens with one attached hydrogen (secondary N) is 1. The van der Waals surface area contributed by atoms with E-state index in [-0.39, 0.29) is 18.1 Å². The Bertz CT molecular complexity index is 1310. The fourth-order valence-corrected chi connectivity index (χ4v) is 4.89. The second kappa shape index (κ2) is 9.41. The van der Waals surface area contributed by atoms with Crippen LogP contribution in [0.3, 0.4) is 0 Å². The van der Waals surface area contributed by atoms with E-state index in [0.29, 0.717) is 32.2 Å². The fraction of sp³-hybridized carbons (Fsp3) is 0.227. The summed E-state index contributed by atoms with van der Waals surface area (Å²) in [4.78, 5) is 47.8. The van der Waals surface area contributed by atoms with Gasteiger partial charge in [0.15, 0.2) is 5.13 Å². The van der Waals surface area contributed by atoms with Gasteiger partial charge in [-0.05, 0) is 24.5 Å². The number of hydrogen-bond donors (Lipinski definition) is 1. The van der Waals surface area contributed by atoms with E-state index >= 15 is 0 Å². The van der Waals surface area contributed by atoms with Crippen LogP contribution in [0.1, 0.15) is 40.2 Å². The molecule has 32 heavy (non-hydrogen) atoms. The number of thiazole rings is 1. The van der Waals surface area contributed by atoms with Crippen molar-refractivity contribution in [1.29, 1.82) is 0 Å². The van der Waals surface area contributed by atoms with E-state index < -0.39 is 12.0 Å². The third-order valence-electron chi connectivity index (χ3n) is 4.96. The summed E-state index contributed by atoms with van der Waals surface area (Å²) >= 11 is 2.41. The number of nitrogens with zero attached hydrogens (tertiary/aromatic N) is 3. The molecule has 0 spiro atoms.